The molecule has 19 heavy (non-hydrogen) atoms. The fourth-order valence-corrected chi connectivity index (χ4v) is 2.56. The van der Waals surface area contributed by atoms with Crippen LogP contribution in [0.25, 0.3) is 0 Å². The Kier molecular flexibility index (Phi) is 4.37. The molecular formula is C14H15BrN2O2. The van der Waals surface area contributed by atoms with Crippen molar-refractivity contribution >= 4 is 21.9 Å². The summed E-state index contributed by atoms with van der Waals surface area (Å²) in [6.45, 7) is 4.16. The number of hydrogen-bond acceptors (Lipinski definition) is 3. The molecule has 2 aromatic rings. The predicted molar refractivity (Wildman–Crippen MR) is 76.1 cm³/mol. The van der Waals surface area contributed by atoms with Crippen molar-refractivity contribution in [1.29, 1.82) is 0 Å². The van der Waals surface area contributed by atoms with Crippen LogP contribution in [0.15, 0.2) is 41.3 Å². The quantitative estimate of drug-likeness (QED) is 0.810. The highest BCUT2D eigenvalue weighted by molar-refractivity contribution is 9.10. The Bertz CT molecular complexity index is 580. The summed E-state index contributed by atoms with van der Waals surface area (Å²) in [5, 5.41) is 0. The highest BCUT2D eigenvalue weighted by Crippen LogP contribution is 2.26. The van der Waals surface area contributed by atoms with Crippen LogP contribution in [-0.2, 0) is 4.74 Å². The van der Waals surface area contributed by atoms with E-state index in [1.807, 2.05) is 35.8 Å². The summed E-state index contributed by atoms with van der Waals surface area (Å²) in [5.74, 6) is -0.348. The van der Waals surface area contributed by atoms with Crippen molar-refractivity contribution in [2.75, 3.05) is 6.61 Å². The van der Waals surface area contributed by atoms with Crippen molar-refractivity contribution in [3.8, 4) is 0 Å². The van der Waals surface area contributed by atoms with Gasteiger partial charge in [-0.05, 0) is 25.5 Å². The number of nitrogens with zero attached hydrogens (tertiary/aromatic N) is 2. The van der Waals surface area contributed by atoms with E-state index in [9.17, 15) is 4.79 Å². The van der Waals surface area contributed by atoms with Crippen molar-refractivity contribution in [3.63, 3.8) is 0 Å². The van der Waals surface area contributed by atoms with Crippen LogP contribution in [0.2, 0.25) is 0 Å². The van der Waals surface area contributed by atoms with Crippen LogP contribution in [0, 0.1) is 0 Å². The van der Waals surface area contributed by atoms with Gasteiger partial charge in [-0.1, -0.05) is 34.1 Å². The number of carbonyl (C=O) groups is 1. The number of carbonyl (C=O) groups excluding carboxylic acids is 1. The lowest BCUT2D eigenvalue weighted by atomic mass is 10.1. The van der Waals surface area contributed by atoms with E-state index in [0.29, 0.717) is 12.3 Å². The highest BCUT2D eigenvalue weighted by atomic mass is 79.9. The van der Waals surface area contributed by atoms with E-state index >= 15 is 0 Å². The van der Waals surface area contributed by atoms with Crippen LogP contribution < -0.4 is 0 Å². The lowest BCUT2D eigenvalue weighted by molar-refractivity contribution is 0.0512. The van der Waals surface area contributed by atoms with Gasteiger partial charge in [0.25, 0.3) is 0 Å². The zero-order valence-corrected chi connectivity index (χ0v) is 12.4. The lowest BCUT2D eigenvalue weighted by Gasteiger charge is -2.17. The molecule has 2 rings (SSSR count). The first-order chi connectivity index (χ1) is 9.15. The maximum Gasteiger partial charge on any atom is 0.356 e. The molecular weight excluding hydrogens is 308 g/mol. The van der Waals surface area contributed by atoms with Gasteiger partial charge in [-0.2, -0.15) is 0 Å². The number of ether oxygens (including phenoxy) is 1. The van der Waals surface area contributed by atoms with E-state index in [-0.39, 0.29) is 12.0 Å². The molecule has 0 amide bonds. The second-order valence-corrected chi connectivity index (χ2v) is 4.96. The number of benzene rings is 1. The molecule has 100 valence electrons. The minimum absolute atomic E-state index is 0.00233. The second kappa shape index (κ2) is 6.02. The van der Waals surface area contributed by atoms with Crippen LogP contribution in [0.3, 0.4) is 0 Å². The van der Waals surface area contributed by atoms with Gasteiger partial charge in [-0.15, -0.1) is 0 Å². The molecule has 5 heteroatoms. The first kappa shape index (κ1) is 13.8. The number of esters is 1. The third kappa shape index (κ3) is 2.87. The highest BCUT2D eigenvalue weighted by Gasteiger charge is 2.19. The number of imidazole rings is 1. The molecule has 0 aliphatic heterocycles. The summed E-state index contributed by atoms with van der Waals surface area (Å²) < 4.78 is 7.85. The van der Waals surface area contributed by atoms with E-state index < -0.39 is 0 Å². The second-order valence-electron chi connectivity index (χ2n) is 4.10. The Morgan fingerprint density at radius 1 is 1.47 bits per heavy atom. The summed E-state index contributed by atoms with van der Waals surface area (Å²) in [6.07, 6.45) is 3.18. The molecule has 1 aromatic carbocycles. The summed E-state index contributed by atoms with van der Waals surface area (Å²) in [5.41, 5.74) is 1.55. The van der Waals surface area contributed by atoms with Crippen LogP contribution in [-0.4, -0.2) is 22.1 Å². The molecule has 0 aliphatic carbocycles. The van der Waals surface area contributed by atoms with Crippen molar-refractivity contribution in [1.82, 2.24) is 9.55 Å². The lowest BCUT2D eigenvalue weighted by Crippen LogP contribution is -2.15. The zero-order valence-electron chi connectivity index (χ0n) is 10.8. The van der Waals surface area contributed by atoms with E-state index in [1.165, 1.54) is 6.20 Å². The maximum atomic E-state index is 11.9. The number of hydrogen-bond donors (Lipinski definition) is 0. The molecule has 0 unspecified atom stereocenters. The molecule has 0 fully saturated rings. The molecule has 1 aromatic heterocycles. The normalized spacial score (nSPS) is 12.2. The number of rotatable bonds is 4. The van der Waals surface area contributed by atoms with Gasteiger partial charge in [0, 0.05) is 4.47 Å². The summed E-state index contributed by atoms with van der Waals surface area (Å²) in [4.78, 5) is 15.9. The number of aromatic nitrogens is 2. The molecule has 0 aliphatic rings. The fourth-order valence-electron chi connectivity index (χ4n) is 1.94. The molecule has 0 spiro atoms. The molecule has 0 bridgehead atoms. The Hall–Kier alpha value is -1.62. The van der Waals surface area contributed by atoms with Gasteiger partial charge in [-0.3, -0.25) is 0 Å². The fraction of sp³-hybridized carbons (Fsp3) is 0.286. The first-order valence-corrected chi connectivity index (χ1v) is 6.87. The van der Waals surface area contributed by atoms with Gasteiger partial charge in [0.05, 0.1) is 25.2 Å². The molecule has 4 nitrogen and oxygen atoms in total. The molecule has 1 heterocycles. The maximum absolute atomic E-state index is 11.9. The smallest absolute Gasteiger partial charge is 0.356 e. The van der Waals surface area contributed by atoms with Gasteiger partial charge < -0.3 is 9.30 Å². The van der Waals surface area contributed by atoms with E-state index in [2.05, 4.69) is 20.9 Å². The Labute approximate surface area is 120 Å². The predicted octanol–water partition coefficient (Wildman–Crippen LogP) is 3.43. The van der Waals surface area contributed by atoms with Gasteiger partial charge in [0.1, 0.15) is 5.69 Å². The number of halogens is 1. The molecule has 0 N–H and O–H groups in total. The zero-order chi connectivity index (χ0) is 13.8. The van der Waals surface area contributed by atoms with Crippen molar-refractivity contribution < 1.29 is 9.53 Å². The molecule has 0 radical (unpaired) electrons. The average molecular weight is 323 g/mol. The van der Waals surface area contributed by atoms with Crippen LogP contribution >= 0.6 is 15.9 Å². The monoisotopic (exact) mass is 322 g/mol. The topological polar surface area (TPSA) is 44.1 Å². The average Bonchev–Trinajstić information content (AvgIpc) is 2.88. The molecule has 0 saturated carbocycles. The van der Waals surface area contributed by atoms with E-state index in [0.717, 1.165) is 10.0 Å². The van der Waals surface area contributed by atoms with Crippen LogP contribution in [0.4, 0.5) is 0 Å². The van der Waals surface area contributed by atoms with Crippen LogP contribution in [0.1, 0.15) is 35.9 Å². The van der Waals surface area contributed by atoms with Crippen molar-refractivity contribution in [2.45, 2.75) is 19.9 Å². The van der Waals surface area contributed by atoms with Gasteiger partial charge in [-0.25, -0.2) is 9.78 Å². The van der Waals surface area contributed by atoms with Gasteiger partial charge in [0.2, 0.25) is 0 Å². The SMILES string of the molecule is CCOC(=O)c1cncn1[C@H](C)c1ccccc1Br. The summed E-state index contributed by atoms with van der Waals surface area (Å²) in [6, 6.07) is 7.92. The largest absolute Gasteiger partial charge is 0.461 e. The summed E-state index contributed by atoms with van der Waals surface area (Å²) >= 11 is 3.52. The third-order valence-electron chi connectivity index (χ3n) is 2.92. The Morgan fingerprint density at radius 3 is 2.89 bits per heavy atom. The third-order valence-corrected chi connectivity index (χ3v) is 3.65. The minimum Gasteiger partial charge on any atom is -0.461 e. The minimum atomic E-state index is -0.348. The Morgan fingerprint density at radius 2 is 2.21 bits per heavy atom. The molecule has 1 atom stereocenters. The summed E-state index contributed by atoms with van der Waals surface area (Å²) in [7, 11) is 0. The van der Waals surface area contributed by atoms with Crippen molar-refractivity contribution in [3.05, 3.63) is 52.5 Å². The van der Waals surface area contributed by atoms with Crippen molar-refractivity contribution in [2.24, 2.45) is 0 Å². The van der Waals surface area contributed by atoms with Gasteiger partial charge in [0.15, 0.2) is 0 Å². The Balaban J connectivity index is 2.35. The van der Waals surface area contributed by atoms with E-state index in [1.54, 1.807) is 13.3 Å². The first-order valence-electron chi connectivity index (χ1n) is 6.08. The van der Waals surface area contributed by atoms with Gasteiger partial charge >= 0.3 is 5.97 Å². The molecule has 0 saturated heterocycles. The van der Waals surface area contributed by atoms with Crippen LogP contribution in [0.5, 0.6) is 0 Å². The van der Waals surface area contributed by atoms with E-state index in [4.69, 9.17) is 4.74 Å². The standard InChI is InChI=1S/C14H15BrN2O2/c1-3-19-14(18)13-8-16-9-17(13)10(2)11-6-4-5-7-12(11)15/h4-10H,3H2,1-2H3/t10-/m1/s1.